The van der Waals surface area contributed by atoms with Gasteiger partial charge in [-0.2, -0.15) is 0 Å². The second-order valence-corrected chi connectivity index (χ2v) is 8.08. The summed E-state index contributed by atoms with van der Waals surface area (Å²) in [5, 5.41) is 0. The summed E-state index contributed by atoms with van der Waals surface area (Å²) >= 11 is 0. The second kappa shape index (κ2) is 6.11. The lowest BCUT2D eigenvalue weighted by Crippen LogP contribution is -2.22. The van der Waals surface area contributed by atoms with E-state index in [0.29, 0.717) is 0 Å². The van der Waals surface area contributed by atoms with Gasteiger partial charge in [-0.3, -0.25) is 9.98 Å². The Kier molecular flexibility index (Phi) is 4.73. The Bertz CT molecular complexity index is 331. The van der Waals surface area contributed by atoms with E-state index in [1.165, 1.54) is 0 Å². The Morgan fingerprint density at radius 3 is 1.72 bits per heavy atom. The van der Waals surface area contributed by atoms with Crippen molar-refractivity contribution in [1.82, 2.24) is 0 Å². The SMILES string of the molecule is CC1(SSC2(C)C=CCCN=C2)C=CCCN=C1. The van der Waals surface area contributed by atoms with Gasteiger partial charge in [-0.1, -0.05) is 45.9 Å². The van der Waals surface area contributed by atoms with Crippen molar-refractivity contribution in [3.8, 4) is 0 Å². The molecule has 0 aliphatic carbocycles. The van der Waals surface area contributed by atoms with E-state index in [4.69, 9.17) is 0 Å². The van der Waals surface area contributed by atoms with E-state index >= 15 is 0 Å². The van der Waals surface area contributed by atoms with E-state index in [9.17, 15) is 0 Å². The maximum atomic E-state index is 4.46. The molecule has 0 spiro atoms. The first-order valence-electron chi connectivity index (χ1n) is 6.36. The Labute approximate surface area is 118 Å². The lowest BCUT2D eigenvalue weighted by atomic mass is 10.2. The van der Waals surface area contributed by atoms with Crippen molar-refractivity contribution in [3.63, 3.8) is 0 Å². The molecule has 98 valence electrons. The van der Waals surface area contributed by atoms with Crippen LogP contribution in [0.5, 0.6) is 0 Å². The number of hydrogen-bond acceptors (Lipinski definition) is 4. The molecule has 0 aromatic rings. The smallest absolute Gasteiger partial charge is 0.0761 e. The average Bonchev–Trinajstić information content (AvgIpc) is 2.69. The van der Waals surface area contributed by atoms with Crippen molar-refractivity contribution in [2.24, 2.45) is 9.98 Å². The summed E-state index contributed by atoms with van der Waals surface area (Å²) in [4.78, 5) is 8.91. The molecule has 0 N–H and O–H groups in total. The quantitative estimate of drug-likeness (QED) is 0.577. The zero-order chi connectivity index (χ0) is 12.9. The van der Waals surface area contributed by atoms with Crippen LogP contribution in [0, 0.1) is 0 Å². The maximum absolute atomic E-state index is 4.46. The first kappa shape index (κ1) is 13.9. The van der Waals surface area contributed by atoms with Crippen LogP contribution in [0.4, 0.5) is 0 Å². The largest absolute Gasteiger partial charge is 0.295 e. The summed E-state index contributed by atoms with van der Waals surface area (Å²) in [6.07, 6.45) is 15.3. The molecule has 0 aromatic heterocycles. The molecule has 0 aromatic carbocycles. The number of nitrogens with zero attached hydrogens (tertiary/aromatic N) is 2. The van der Waals surface area contributed by atoms with Crippen molar-refractivity contribution < 1.29 is 0 Å². The number of aliphatic imine (C=N–C) groups is 2. The van der Waals surface area contributed by atoms with Gasteiger partial charge in [0, 0.05) is 25.5 Å². The van der Waals surface area contributed by atoms with Gasteiger partial charge in [0.25, 0.3) is 0 Å². The zero-order valence-electron chi connectivity index (χ0n) is 11.0. The van der Waals surface area contributed by atoms with Crippen molar-refractivity contribution in [1.29, 1.82) is 0 Å². The van der Waals surface area contributed by atoms with Crippen LogP contribution in [0.25, 0.3) is 0 Å². The third-order valence-electron chi connectivity index (χ3n) is 2.84. The monoisotopic (exact) mass is 280 g/mol. The van der Waals surface area contributed by atoms with Crippen LogP contribution in [0.15, 0.2) is 34.3 Å². The molecule has 0 saturated carbocycles. The van der Waals surface area contributed by atoms with E-state index in [-0.39, 0.29) is 9.49 Å². The molecule has 2 aliphatic heterocycles. The molecule has 2 nitrogen and oxygen atoms in total. The molecule has 0 bridgehead atoms. The first-order chi connectivity index (χ1) is 8.62. The highest BCUT2D eigenvalue weighted by Crippen LogP contribution is 2.44. The molecular weight excluding hydrogens is 260 g/mol. The number of rotatable bonds is 3. The third-order valence-corrected chi connectivity index (χ3v) is 6.53. The lowest BCUT2D eigenvalue weighted by Gasteiger charge is -2.25. The van der Waals surface area contributed by atoms with Gasteiger partial charge in [-0.15, -0.1) is 0 Å². The van der Waals surface area contributed by atoms with E-state index in [1.807, 2.05) is 21.6 Å². The standard InChI is InChI=1S/C14H20N2S2/c1-13(7-3-5-9-15-11-13)17-18-14(2)8-4-6-10-16-12-14/h3-4,7-8,11-12H,5-6,9-10H2,1-2H3. The van der Waals surface area contributed by atoms with Gasteiger partial charge in [0.2, 0.25) is 0 Å². The number of hydrogen-bond donors (Lipinski definition) is 0. The summed E-state index contributed by atoms with van der Waals surface area (Å²) in [5.74, 6) is 0. The molecule has 2 rings (SSSR count). The first-order valence-corrected chi connectivity index (χ1v) is 8.51. The van der Waals surface area contributed by atoms with Crippen LogP contribution in [-0.4, -0.2) is 35.0 Å². The molecule has 2 aliphatic rings. The van der Waals surface area contributed by atoms with Crippen LogP contribution < -0.4 is 0 Å². The normalized spacial score (nSPS) is 35.4. The minimum Gasteiger partial charge on any atom is -0.295 e. The summed E-state index contributed by atoms with van der Waals surface area (Å²) in [6, 6.07) is 0. The minimum atomic E-state index is -0.00182. The molecule has 0 radical (unpaired) electrons. The molecule has 18 heavy (non-hydrogen) atoms. The Balaban J connectivity index is 2.01. The van der Waals surface area contributed by atoms with Gasteiger partial charge < -0.3 is 0 Å². The highest BCUT2D eigenvalue weighted by Gasteiger charge is 2.27. The topological polar surface area (TPSA) is 24.7 Å². The highest BCUT2D eigenvalue weighted by atomic mass is 33.1. The van der Waals surface area contributed by atoms with Crippen molar-refractivity contribution in [2.45, 2.75) is 36.2 Å². The average molecular weight is 280 g/mol. The minimum absolute atomic E-state index is 0.00182. The molecule has 2 unspecified atom stereocenters. The predicted octanol–water partition coefficient (Wildman–Crippen LogP) is 3.95. The van der Waals surface area contributed by atoms with Crippen molar-refractivity contribution in [2.75, 3.05) is 13.1 Å². The van der Waals surface area contributed by atoms with E-state index in [0.717, 1.165) is 25.9 Å². The summed E-state index contributed by atoms with van der Waals surface area (Å²) in [5.41, 5.74) is 0. The zero-order valence-corrected chi connectivity index (χ0v) is 12.6. The molecule has 4 heteroatoms. The van der Waals surface area contributed by atoms with Crippen LogP contribution in [0.2, 0.25) is 0 Å². The third kappa shape index (κ3) is 4.02. The fourth-order valence-corrected chi connectivity index (χ4v) is 4.36. The van der Waals surface area contributed by atoms with Gasteiger partial charge in [0.1, 0.15) is 0 Å². The predicted molar refractivity (Wildman–Crippen MR) is 86.2 cm³/mol. The summed E-state index contributed by atoms with van der Waals surface area (Å²) in [6.45, 7) is 6.26. The van der Waals surface area contributed by atoms with Gasteiger partial charge in [-0.05, 0) is 26.7 Å². The summed E-state index contributed by atoms with van der Waals surface area (Å²) < 4.78 is -0.00365. The van der Waals surface area contributed by atoms with E-state index in [1.54, 1.807) is 0 Å². The van der Waals surface area contributed by atoms with Crippen molar-refractivity contribution in [3.05, 3.63) is 24.3 Å². The Hall–Kier alpha value is -0.480. The van der Waals surface area contributed by atoms with Gasteiger partial charge in [-0.25, -0.2) is 0 Å². The lowest BCUT2D eigenvalue weighted by molar-refractivity contribution is 1.02. The van der Waals surface area contributed by atoms with Gasteiger partial charge >= 0.3 is 0 Å². The van der Waals surface area contributed by atoms with Crippen LogP contribution in [0.3, 0.4) is 0 Å². The highest BCUT2D eigenvalue weighted by molar-refractivity contribution is 8.78. The molecule has 0 fully saturated rings. The molecule has 0 amide bonds. The van der Waals surface area contributed by atoms with Gasteiger partial charge in [0.15, 0.2) is 0 Å². The maximum Gasteiger partial charge on any atom is 0.0761 e. The van der Waals surface area contributed by atoms with Crippen LogP contribution in [-0.2, 0) is 0 Å². The Morgan fingerprint density at radius 1 is 0.833 bits per heavy atom. The van der Waals surface area contributed by atoms with E-state index in [2.05, 4.69) is 60.6 Å². The molecule has 2 heterocycles. The Morgan fingerprint density at radius 2 is 1.28 bits per heavy atom. The molecule has 0 saturated heterocycles. The van der Waals surface area contributed by atoms with Crippen LogP contribution >= 0.6 is 21.6 Å². The van der Waals surface area contributed by atoms with Crippen LogP contribution in [0.1, 0.15) is 26.7 Å². The molecular formula is C14H20N2S2. The fraction of sp³-hybridized carbons (Fsp3) is 0.571. The second-order valence-electron chi connectivity index (χ2n) is 4.99. The summed E-state index contributed by atoms with van der Waals surface area (Å²) in [7, 11) is 3.73. The van der Waals surface area contributed by atoms with E-state index < -0.39 is 0 Å². The van der Waals surface area contributed by atoms with Crippen molar-refractivity contribution >= 4 is 34.0 Å². The van der Waals surface area contributed by atoms with Gasteiger partial charge in [0.05, 0.1) is 9.49 Å². The fourth-order valence-electron chi connectivity index (χ4n) is 1.79. The molecule has 2 atom stereocenters.